The molecule has 0 aliphatic heterocycles. The number of carbonyl (C=O) groups is 1. The molecule has 0 aliphatic carbocycles. The molecule has 0 aromatic heterocycles. The molecule has 146 valence electrons. The van der Waals surface area contributed by atoms with E-state index in [1.54, 1.807) is 30.3 Å². The van der Waals surface area contributed by atoms with E-state index in [4.69, 9.17) is 27.9 Å². The lowest BCUT2D eigenvalue weighted by Gasteiger charge is -2.23. The molecule has 0 radical (unpaired) electrons. The number of rotatable bonds is 9. The third-order valence-electron chi connectivity index (χ3n) is 4.26. The normalized spacial score (nSPS) is 13.1. The Balaban J connectivity index is 2.11. The zero-order chi connectivity index (χ0) is 19.8. The van der Waals surface area contributed by atoms with Gasteiger partial charge in [-0.15, -0.1) is 0 Å². The van der Waals surface area contributed by atoms with Crippen LogP contribution in [-0.2, 0) is 4.79 Å². The van der Waals surface area contributed by atoms with Crippen LogP contribution in [0.15, 0.2) is 42.5 Å². The highest BCUT2D eigenvalue weighted by Gasteiger charge is 2.23. The number of halogens is 3. The van der Waals surface area contributed by atoms with Gasteiger partial charge >= 0.3 is 0 Å². The summed E-state index contributed by atoms with van der Waals surface area (Å²) in [6, 6.07) is 10.9. The number of hydrogen-bond acceptors (Lipinski definition) is 2. The maximum absolute atomic E-state index is 13.2. The Labute approximate surface area is 169 Å². The monoisotopic (exact) mass is 411 g/mol. The van der Waals surface area contributed by atoms with Crippen LogP contribution in [0.4, 0.5) is 4.39 Å². The van der Waals surface area contributed by atoms with E-state index in [1.807, 2.05) is 6.92 Å². The first-order valence-corrected chi connectivity index (χ1v) is 9.87. The molecule has 1 amide bonds. The lowest BCUT2D eigenvalue weighted by atomic mass is 10.0. The van der Waals surface area contributed by atoms with Crippen molar-refractivity contribution in [2.24, 2.45) is 0 Å². The van der Waals surface area contributed by atoms with E-state index in [2.05, 4.69) is 12.2 Å². The van der Waals surface area contributed by atoms with Crippen molar-refractivity contribution in [2.45, 2.75) is 51.7 Å². The molecular weight excluding hydrogens is 388 g/mol. The number of ether oxygens (including phenoxy) is 1. The Morgan fingerprint density at radius 2 is 1.85 bits per heavy atom. The number of hydrogen-bond donors (Lipinski definition) is 1. The van der Waals surface area contributed by atoms with Gasteiger partial charge in [0.05, 0.1) is 11.1 Å². The summed E-state index contributed by atoms with van der Waals surface area (Å²) < 4.78 is 19.0. The summed E-state index contributed by atoms with van der Waals surface area (Å²) in [5.74, 6) is -0.115. The van der Waals surface area contributed by atoms with Gasteiger partial charge in [0.2, 0.25) is 0 Å². The van der Waals surface area contributed by atoms with E-state index < -0.39 is 6.10 Å². The Morgan fingerprint density at radius 1 is 1.15 bits per heavy atom. The van der Waals surface area contributed by atoms with Gasteiger partial charge in [0.25, 0.3) is 5.91 Å². The van der Waals surface area contributed by atoms with Gasteiger partial charge in [-0.1, -0.05) is 62.0 Å². The minimum absolute atomic E-state index is 0.198. The van der Waals surface area contributed by atoms with Crippen LogP contribution in [0, 0.1) is 5.82 Å². The summed E-state index contributed by atoms with van der Waals surface area (Å²) >= 11 is 12.0. The van der Waals surface area contributed by atoms with Crippen LogP contribution in [-0.4, -0.2) is 12.0 Å². The van der Waals surface area contributed by atoms with Crippen LogP contribution in [0.3, 0.4) is 0 Å². The second-order valence-electron chi connectivity index (χ2n) is 6.34. The van der Waals surface area contributed by atoms with Gasteiger partial charge in [0.1, 0.15) is 11.6 Å². The van der Waals surface area contributed by atoms with Crippen molar-refractivity contribution in [1.29, 1.82) is 0 Å². The standard InChI is InChI=1S/C21H24Cl2FNO2/c1-3-5-6-18(14-7-10-16(24)11-8-14)25-21(26)19(4-2)27-20-12-9-15(22)13-17(20)23/h7-13,18-19H,3-6H2,1-2H3,(H,25,26). The quantitative estimate of drug-likeness (QED) is 0.522. The van der Waals surface area contributed by atoms with E-state index in [0.29, 0.717) is 22.2 Å². The average molecular weight is 412 g/mol. The summed E-state index contributed by atoms with van der Waals surface area (Å²) in [6.07, 6.45) is 2.51. The molecule has 0 saturated carbocycles. The van der Waals surface area contributed by atoms with Gasteiger partial charge in [0.15, 0.2) is 6.10 Å². The summed E-state index contributed by atoms with van der Waals surface area (Å²) in [5, 5.41) is 3.89. The van der Waals surface area contributed by atoms with E-state index in [9.17, 15) is 9.18 Å². The summed E-state index contributed by atoms with van der Waals surface area (Å²) in [5.41, 5.74) is 0.873. The van der Waals surface area contributed by atoms with E-state index >= 15 is 0 Å². The van der Waals surface area contributed by atoms with Crippen LogP contribution in [0.5, 0.6) is 5.75 Å². The smallest absolute Gasteiger partial charge is 0.261 e. The summed E-state index contributed by atoms with van der Waals surface area (Å²) in [7, 11) is 0. The average Bonchev–Trinajstić information content (AvgIpc) is 2.65. The second kappa shape index (κ2) is 10.5. The Kier molecular flexibility index (Phi) is 8.39. The third kappa shape index (κ3) is 6.40. The molecule has 0 heterocycles. The first kappa shape index (κ1) is 21.5. The number of amides is 1. The van der Waals surface area contributed by atoms with Crippen molar-refractivity contribution in [3.63, 3.8) is 0 Å². The molecule has 27 heavy (non-hydrogen) atoms. The van der Waals surface area contributed by atoms with Crippen LogP contribution in [0.2, 0.25) is 10.0 Å². The van der Waals surface area contributed by atoms with Gasteiger partial charge in [-0.2, -0.15) is 0 Å². The molecule has 2 atom stereocenters. The first-order chi connectivity index (χ1) is 12.9. The minimum atomic E-state index is -0.687. The predicted molar refractivity (Wildman–Crippen MR) is 108 cm³/mol. The fourth-order valence-corrected chi connectivity index (χ4v) is 3.19. The molecule has 1 N–H and O–H groups in total. The lowest BCUT2D eigenvalue weighted by Crippen LogP contribution is -2.40. The Morgan fingerprint density at radius 3 is 2.44 bits per heavy atom. The van der Waals surface area contributed by atoms with Crippen LogP contribution >= 0.6 is 23.2 Å². The zero-order valence-corrected chi connectivity index (χ0v) is 17.0. The van der Waals surface area contributed by atoms with Gasteiger partial charge in [-0.25, -0.2) is 4.39 Å². The summed E-state index contributed by atoms with van der Waals surface area (Å²) in [6.45, 7) is 3.96. The van der Waals surface area contributed by atoms with Crippen molar-refractivity contribution in [2.75, 3.05) is 0 Å². The third-order valence-corrected chi connectivity index (χ3v) is 4.79. The van der Waals surface area contributed by atoms with Gasteiger partial charge in [-0.05, 0) is 48.7 Å². The van der Waals surface area contributed by atoms with Crippen molar-refractivity contribution in [1.82, 2.24) is 5.32 Å². The molecule has 2 rings (SSSR count). The Bertz CT molecular complexity index is 752. The topological polar surface area (TPSA) is 38.3 Å². The van der Waals surface area contributed by atoms with Crippen LogP contribution in [0.1, 0.15) is 51.1 Å². The van der Waals surface area contributed by atoms with Crippen LogP contribution in [0.25, 0.3) is 0 Å². The van der Waals surface area contributed by atoms with E-state index in [0.717, 1.165) is 24.8 Å². The Hall–Kier alpha value is -1.78. The van der Waals surface area contributed by atoms with Crippen molar-refractivity contribution < 1.29 is 13.9 Å². The van der Waals surface area contributed by atoms with Crippen molar-refractivity contribution in [3.05, 3.63) is 63.9 Å². The largest absolute Gasteiger partial charge is 0.479 e. The molecule has 0 saturated heterocycles. The maximum Gasteiger partial charge on any atom is 0.261 e. The molecular formula is C21H24Cl2FNO2. The molecule has 0 spiro atoms. The van der Waals surface area contributed by atoms with Crippen LogP contribution < -0.4 is 10.1 Å². The molecule has 2 aromatic carbocycles. The zero-order valence-electron chi connectivity index (χ0n) is 15.5. The molecule has 0 bridgehead atoms. The molecule has 0 aliphatic rings. The van der Waals surface area contributed by atoms with Gasteiger partial charge < -0.3 is 10.1 Å². The molecule has 6 heteroatoms. The van der Waals surface area contributed by atoms with Crippen molar-refractivity contribution in [3.8, 4) is 5.75 Å². The van der Waals surface area contributed by atoms with Crippen molar-refractivity contribution >= 4 is 29.1 Å². The van der Waals surface area contributed by atoms with E-state index in [-0.39, 0.29) is 17.8 Å². The highest BCUT2D eigenvalue weighted by Crippen LogP contribution is 2.29. The lowest BCUT2D eigenvalue weighted by molar-refractivity contribution is -0.129. The molecule has 0 fully saturated rings. The number of nitrogens with one attached hydrogen (secondary N) is 1. The molecule has 3 nitrogen and oxygen atoms in total. The highest BCUT2D eigenvalue weighted by molar-refractivity contribution is 6.35. The fraction of sp³-hybridized carbons (Fsp3) is 0.381. The number of carbonyl (C=O) groups excluding carboxylic acids is 1. The first-order valence-electron chi connectivity index (χ1n) is 9.12. The van der Waals surface area contributed by atoms with E-state index in [1.165, 1.54) is 12.1 Å². The summed E-state index contributed by atoms with van der Waals surface area (Å²) in [4.78, 5) is 12.8. The number of unbranched alkanes of at least 4 members (excludes halogenated alkanes) is 1. The van der Waals surface area contributed by atoms with Gasteiger partial charge in [-0.3, -0.25) is 4.79 Å². The fourth-order valence-electron chi connectivity index (χ4n) is 2.74. The molecule has 2 aromatic rings. The maximum atomic E-state index is 13.2. The second-order valence-corrected chi connectivity index (χ2v) is 7.19. The SMILES string of the molecule is CCCCC(NC(=O)C(CC)Oc1ccc(Cl)cc1Cl)c1ccc(F)cc1. The molecule has 2 unspecified atom stereocenters. The minimum Gasteiger partial charge on any atom is -0.479 e. The number of benzene rings is 2. The highest BCUT2D eigenvalue weighted by atomic mass is 35.5. The predicted octanol–water partition coefficient (Wildman–Crippen LogP) is 6.34. The van der Waals surface area contributed by atoms with Gasteiger partial charge in [0, 0.05) is 5.02 Å².